The van der Waals surface area contributed by atoms with Crippen LogP contribution >= 0.6 is 11.3 Å². The fourth-order valence-corrected chi connectivity index (χ4v) is 4.46. The Bertz CT molecular complexity index is 1430. The van der Waals surface area contributed by atoms with E-state index in [1.54, 1.807) is 16.3 Å². The molecule has 1 aromatic carbocycles. The fourth-order valence-electron chi connectivity index (χ4n) is 3.79. The molecule has 3 rings (SSSR count). The molecule has 14 heteroatoms. The van der Waals surface area contributed by atoms with Crippen molar-refractivity contribution in [2.45, 2.75) is 67.0 Å². The molecule has 2 heterocycles. The van der Waals surface area contributed by atoms with E-state index in [-0.39, 0.29) is 35.1 Å². The lowest BCUT2D eigenvalue weighted by molar-refractivity contribution is 0.0200. The Kier molecular flexibility index (Phi) is 12.2. The summed E-state index contributed by atoms with van der Waals surface area (Å²) in [6.45, 7) is 16.6. The van der Waals surface area contributed by atoms with Gasteiger partial charge in [-0.05, 0) is 59.1 Å². The van der Waals surface area contributed by atoms with Gasteiger partial charge in [0.05, 0.1) is 20.8 Å². The highest BCUT2D eigenvalue weighted by molar-refractivity contribution is 7.11. The monoisotopic (exact) mass is 644 g/mol. The van der Waals surface area contributed by atoms with Gasteiger partial charge in [0.2, 0.25) is 17.7 Å². The summed E-state index contributed by atoms with van der Waals surface area (Å²) in [4.78, 5) is 40.5. The maximum atomic E-state index is 13.2. The van der Waals surface area contributed by atoms with Gasteiger partial charge in [-0.15, -0.1) is 0 Å². The number of hydrogen-bond donors (Lipinski definition) is 2. The first kappa shape index (κ1) is 35.2. The first-order valence-electron chi connectivity index (χ1n) is 14.6. The Morgan fingerprint density at radius 1 is 1.02 bits per heavy atom. The SMILES string of the molecule is COc1nc(NCCN(C(=O)OC(C)(C)C)C(C)C)nc(OC)c1NC(=O)c1csc(Oc2cc(OCC(C)C)ccc2C)n1. The molecular weight excluding hydrogens is 600 g/mol. The van der Waals surface area contributed by atoms with Crippen LogP contribution in [0.25, 0.3) is 0 Å². The van der Waals surface area contributed by atoms with Crippen LogP contribution in [-0.4, -0.2) is 77.4 Å². The quantitative estimate of drug-likeness (QED) is 0.201. The van der Waals surface area contributed by atoms with Gasteiger partial charge in [-0.3, -0.25) is 4.79 Å². The van der Waals surface area contributed by atoms with Crippen LogP contribution in [0.3, 0.4) is 0 Å². The number of anilines is 2. The Labute approximate surface area is 268 Å². The summed E-state index contributed by atoms with van der Waals surface area (Å²) >= 11 is 1.18. The van der Waals surface area contributed by atoms with Crippen LogP contribution < -0.4 is 29.6 Å². The van der Waals surface area contributed by atoms with Crippen molar-refractivity contribution < 1.29 is 33.3 Å². The first-order valence-corrected chi connectivity index (χ1v) is 15.5. The van der Waals surface area contributed by atoms with E-state index in [0.29, 0.717) is 42.3 Å². The van der Waals surface area contributed by atoms with Crippen molar-refractivity contribution in [2.24, 2.45) is 5.92 Å². The van der Waals surface area contributed by atoms with Crippen molar-refractivity contribution in [3.8, 4) is 28.5 Å². The van der Waals surface area contributed by atoms with Crippen molar-refractivity contribution in [1.82, 2.24) is 19.9 Å². The van der Waals surface area contributed by atoms with Crippen LogP contribution in [-0.2, 0) is 4.74 Å². The number of carbonyl (C=O) groups is 2. The summed E-state index contributed by atoms with van der Waals surface area (Å²) in [5.74, 6) is 1.47. The summed E-state index contributed by atoms with van der Waals surface area (Å²) < 4.78 is 28.2. The largest absolute Gasteiger partial charge is 0.493 e. The van der Waals surface area contributed by atoms with Gasteiger partial charge < -0.3 is 39.2 Å². The number of amides is 2. The Morgan fingerprint density at radius 3 is 2.27 bits per heavy atom. The van der Waals surface area contributed by atoms with E-state index in [1.165, 1.54) is 25.6 Å². The molecule has 0 saturated heterocycles. The van der Waals surface area contributed by atoms with Crippen LogP contribution in [0.2, 0.25) is 0 Å². The standard InChI is InChI=1S/C31H44N6O7S/c1-18(2)16-42-21-12-11-20(5)23(15-21)43-29-33-22(17-45-29)25(38)34-24-26(40-9)35-28(36-27(24)41-10)32-13-14-37(19(3)4)30(39)44-31(6,7)8/h11-12,15,17-19H,13-14,16H2,1-10H3,(H,34,38)(H,32,35,36). The van der Waals surface area contributed by atoms with Crippen molar-refractivity contribution in [3.05, 3.63) is 34.8 Å². The maximum absolute atomic E-state index is 13.2. The Hall–Kier alpha value is -4.33. The zero-order valence-electron chi connectivity index (χ0n) is 27.6. The molecule has 3 aromatic rings. The van der Waals surface area contributed by atoms with Gasteiger partial charge in [-0.2, -0.15) is 15.0 Å². The van der Waals surface area contributed by atoms with E-state index in [1.807, 2.05) is 53.7 Å². The average Bonchev–Trinajstić information content (AvgIpc) is 3.43. The lowest BCUT2D eigenvalue weighted by Crippen LogP contribution is -2.43. The minimum atomic E-state index is -0.609. The molecule has 0 saturated carbocycles. The number of carbonyl (C=O) groups excluding carboxylic acids is 2. The molecule has 0 unspecified atom stereocenters. The van der Waals surface area contributed by atoms with E-state index in [4.69, 9.17) is 23.7 Å². The first-order chi connectivity index (χ1) is 21.2. The molecule has 2 N–H and O–H groups in total. The molecule has 0 aliphatic rings. The number of ether oxygens (including phenoxy) is 5. The number of hydrogen-bond acceptors (Lipinski definition) is 12. The summed E-state index contributed by atoms with van der Waals surface area (Å²) in [6.07, 6.45) is -0.414. The number of rotatable bonds is 14. The number of benzene rings is 1. The van der Waals surface area contributed by atoms with Gasteiger partial charge >= 0.3 is 6.09 Å². The predicted molar refractivity (Wildman–Crippen MR) is 173 cm³/mol. The van der Waals surface area contributed by atoms with E-state index < -0.39 is 17.6 Å². The summed E-state index contributed by atoms with van der Waals surface area (Å²) in [5, 5.41) is 7.69. The predicted octanol–water partition coefficient (Wildman–Crippen LogP) is 6.40. The highest BCUT2D eigenvalue weighted by Crippen LogP contribution is 2.34. The minimum Gasteiger partial charge on any atom is -0.493 e. The normalized spacial score (nSPS) is 11.3. The van der Waals surface area contributed by atoms with Gasteiger partial charge in [0.25, 0.3) is 11.1 Å². The van der Waals surface area contributed by atoms with Crippen LogP contribution in [0, 0.1) is 12.8 Å². The summed E-state index contributed by atoms with van der Waals surface area (Å²) in [7, 11) is 2.83. The molecule has 2 amide bonds. The molecule has 13 nitrogen and oxygen atoms in total. The lowest BCUT2D eigenvalue weighted by Gasteiger charge is -2.30. The zero-order valence-corrected chi connectivity index (χ0v) is 28.5. The highest BCUT2D eigenvalue weighted by atomic mass is 32.1. The van der Waals surface area contributed by atoms with Crippen LogP contribution in [0.5, 0.6) is 28.5 Å². The summed E-state index contributed by atoms with van der Waals surface area (Å²) in [5.41, 5.74) is 0.550. The van der Waals surface area contributed by atoms with Crippen LogP contribution in [0.1, 0.15) is 64.5 Å². The maximum Gasteiger partial charge on any atom is 0.410 e. The molecule has 0 fully saturated rings. The third kappa shape index (κ3) is 10.4. The molecule has 45 heavy (non-hydrogen) atoms. The molecule has 0 bridgehead atoms. The van der Waals surface area contributed by atoms with Crippen molar-refractivity contribution in [3.63, 3.8) is 0 Å². The number of nitrogens with one attached hydrogen (secondary N) is 2. The Balaban J connectivity index is 1.69. The van der Waals surface area contributed by atoms with Crippen LogP contribution in [0.15, 0.2) is 23.6 Å². The van der Waals surface area contributed by atoms with Gasteiger partial charge in [0.1, 0.15) is 22.8 Å². The highest BCUT2D eigenvalue weighted by Gasteiger charge is 2.25. The summed E-state index contributed by atoms with van der Waals surface area (Å²) in [6, 6.07) is 5.52. The number of thiazole rings is 1. The number of nitrogens with zero attached hydrogens (tertiary/aromatic N) is 4. The Morgan fingerprint density at radius 2 is 1.69 bits per heavy atom. The molecule has 0 aliphatic carbocycles. The zero-order chi connectivity index (χ0) is 33.3. The number of methoxy groups -OCH3 is 2. The van der Waals surface area contributed by atoms with Crippen molar-refractivity contribution in [1.29, 1.82) is 0 Å². The second-order valence-electron chi connectivity index (χ2n) is 11.8. The molecular formula is C31H44N6O7S. The number of aryl methyl sites for hydroxylation is 1. The molecule has 0 spiro atoms. The third-order valence-corrected chi connectivity index (χ3v) is 6.73. The van der Waals surface area contributed by atoms with Gasteiger partial charge in [-0.25, -0.2) is 4.79 Å². The van der Waals surface area contributed by atoms with E-state index in [2.05, 4.69) is 39.4 Å². The minimum absolute atomic E-state index is 0.0751. The average molecular weight is 645 g/mol. The molecule has 0 atom stereocenters. The van der Waals surface area contributed by atoms with E-state index >= 15 is 0 Å². The fraction of sp³-hybridized carbons (Fsp3) is 0.516. The van der Waals surface area contributed by atoms with Gasteiger partial charge in [0.15, 0.2) is 5.69 Å². The molecule has 246 valence electrons. The van der Waals surface area contributed by atoms with E-state index in [0.717, 1.165) is 5.56 Å². The van der Waals surface area contributed by atoms with Gasteiger partial charge in [-0.1, -0.05) is 31.3 Å². The third-order valence-electron chi connectivity index (χ3n) is 6.01. The molecule has 0 aliphatic heterocycles. The van der Waals surface area contributed by atoms with Crippen LogP contribution in [0.4, 0.5) is 16.4 Å². The molecule has 0 radical (unpaired) electrons. The second kappa shape index (κ2) is 15.6. The van der Waals surface area contributed by atoms with Crippen molar-refractivity contribution in [2.75, 3.05) is 44.5 Å². The second-order valence-corrected chi connectivity index (χ2v) is 12.6. The van der Waals surface area contributed by atoms with E-state index in [9.17, 15) is 9.59 Å². The van der Waals surface area contributed by atoms with Crippen molar-refractivity contribution >= 4 is 35.0 Å². The smallest absolute Gasteiger partial charge is 0.410 e. The lowest BCUT2D eigenvalue weighted by atomic mass is 10.2. The molecule has 2 aromatic heterocycles. The number of aromatic nitrogens is 3. The van der Waals surface area contributed by atoms with Gasteiger partial charge in [0, 0.05) is 30.6 Å². The topological polar surface area (TPSA) is 146 Å².